The molecule has 0 fully saturated rings. The summed E-state index contributed by atoms with van der Waals surface area (Å²) in [6, 6.07) is 4.02. The first-order chi connectivity index (χ1) is 9.84. The highest BCUT2D eigenvalue weighted by atomic mass is 79.9. The second kappa shape index (κ2) is 8.26. The van der Waals surface area contributed by atoms with Gasteiger partial charge in [-0.15, -0.1) is 0 Å². The first-order valence-corrected chi connectivity index (χ1v) is 7.31. The number of esters is 1. The van der Waals surface area contributed by atoms with E-state index in [1.807, 2.05) is 0 Å². The molecular formula is C14H17BrF3NO2. The zero-order chi connectivity index (χ0) is 15.9. The maximum Gasteiger partial charge on any atom is 0.418 e. The third-order valence-corrected chi connectivity index (χ3v) is 3.38. The summed E-state index contributed by atoms with van der Waals surface area (Å²) in [6.45, 7) is 0.423. The van der Waals surface area contributed by atoms with E-state index in [2.05, 4.69) is 26.0 Å². The number of hydrogen-bond donors (Lipinski definition) is 1. The number of benzene rings is 1. The molecule has 0 unspecified atom stereocenters. The number of carbonyl (C=O) groups is 1. The van der Waals surface area contributed by atoms with Crippen molar-refractivity contribution in [1.82, 2.24) is 0 Å². The van der Waals surface area contributed by atoms with E-state index in [4.69, 9.17) is 0 Å². The van der Waals surface area contributed by atoms with Gasteiger partial charge in [0.1, 0.15) is 0 Å². The molecule has 7 heteroatoms. The summed E-state index contributed by atoms with van der Waals surface area (Å²) < 4.78 is 43.5. The number of carbonyl (C=O) groups excluding carboxylic acids is 1. The van der Waals surface area contributed by atoms with Crippen molar-refractivity contribution in [1.29, 1.82) is 0 Å². The molecule has 3 nitrogen and oxygen atoms in total. The van der Waals surface area contributed by atoms with Crippen LogP contribution in [0.2, 0.25) is 0 Å². The summed E-state index contributed by atoms with van der Waals surface area (Å²) in [6.07, 6.45) is -1.95. The Labute approximate surface area is 130 Å². The van der Waals surface area contributed by atoms with Crippen molar-refractivity contribution in [2.24, 2.45) is 0 Å². The van der Waals surface area contributed by atoms with Crippen molar-refractivity contribution in [2.75, 3.05) is 19.0 Å². The number of rotatable bonds is 7. The standard InChI is InChI=1S/C14H17BrF3NO2/c1-21-13(20)5-3-2-4-8-19-12-7-6-10(15)9-11(12)14(16,17)18/h6-7,9,19H,2-5,8H2,1H3. The number of halogens is 4. The molecule has 0 saturated heterocycles. The normalized spacial score (nSPS) is 11.3. The van der Waals surface area contributed by atoms with Crippen LogP contribution in [-0.2, 0) is 15.7 Å². The molecule has 0 spiro atoms. The topological polar surface area (TPSA) is 38.3 Å². The van der Waals surface area contributed by atoms with Crippen LogP contribution in [0, 0.1) is 0 Å². The number of ether oxygens (including phenoxy) is 1. The lowest BCUT2D eigenvalue weighted by atomic mass is 10.1. The Balaban J connectivity index is 2.44. The average molecular weight is 368 g/mol. The quantitative estimate of drug-likeness (QED) is 0.564. The van der Waals surface area contributed by atoms with Crippen molar-refractivity contribution < 1.29 is 22.7 Å². The fourth-order valence-corrected chi connectivity index (χ4v) is 2.16. The highest BCUT2D eigenvalue weighted by molar-refractivity contribution is 9.10. The van der Waals surface area contributed by atoms with E-state index < -0.39 is 11.7 Å². The summed E-state index contributed by atoms with van der Waals surface area (Å²) in [5.41, 5.74) is -0.620. The smallest absolute Gasteiger partial charge is 0.418 e. The van der Waals surface area contributed by atoms with Crippen LogP contribution in [-0.4, -0.2) is 19.6 Å². The van der Waals surface area contributed by atoms with Gasteiger partial charge in [-0.2, -0.15) is 13.2 Å². The van der Waals surface area contributed by atoms with Gasteiger partial charge in [0.05, 0.1) is 12.7 Å². The fraction of sp³-hybridized carbons (Fsp3) is 0.500. The molecule has 0 saturated carbocycles. The average Bonchev–Trinajstić information content (AvgIpc) is 2.42. The second-order valence-electron chi connectivity index (χ2n) is 4.50. The molecular weight excluding hydrogens is 351 g/mol. The summed E-state index contributed by atoms with van der Waals surface area (Å²) in [5, 5.41) is 2.79. The Morgan fingerprint density at radius 2 is 2.00 bits per heavy atom. The molecule has 1 N–H and O–H groups in total. The lowest BCUT2D eigenvalue weighted by molar-refractivity contribution is -0.140. The minimum absolute atomic E-state index is 0.0682. The predicted octanol–water partition coefficient (Wildman–Crippen LogP) is 4.61. The van der Waals surface area contributed by atoms with E-state index in [0.717, 1.165) is 12.5 Å². The predicted molar refractivity (Wildman–Crippen MR) is 78.1 cm³/mol. The molecule has 0 aliphatic carbocycles. The van der Waals surface area contributed by atoms with Gasteiger partial charge in [-0.25, -0.2) is 0 Å². The van der Waals surface area contributed by atoms with E-state index >= 15 is 0 Å². The van der Waals surface area contributed by atoms with Crippen LogP contribution >= 0.6 is 15.9 Å². The maximum atomic E-state index is 12.9. The number of hydrogen-bond acceptors (Lipinski definition) is 3. The Bertz CT molecular complexity index is 478. The molecule has 1 aromatic rings. The maximum absolute atomic E-state index is 12.9. The fourth-order valence-electron chi connectivity index (χ4n) is 1.80. The van der Waals surface area contributed by atoms with Crippen LogP contribution in [0.15, 0.2) is 22.7 Å². The van der Waals surface area contributed by atoms with E-state index in [1.54, 1.807) is 6.07 Å². The number of nitrogens with one attached hydrogen (secondary N) is 1. The van der Waals surface area contributed by atoms with E-state index in [9.17, 15) is 18.0 Å². The molecule has 0 amide bonds. The van der Waals surface area contributed by atoms with Crippen molar-refractivity contribution in [3.63, 3.8) is 0 Å². The van der Waals surface area contributed by atoms with Crippen LogP contribution in [0.25, 0.3) is 0 Å². The molecule has 21 heavy (non-hydrogen) atoms. The zero-order valence-electron chi connectivity index (χ0n) is 11.6. The van der Waals surface area contributed by atoms with Crippen LogP contribution in [0.4, 0.5) is 18.9 Å². The molecule has 1 aromatic carbocycles. The number of anilines is 1. The number of unbranched alkanes of at least 4 members (excludes halogenated alkanes) is 2. The van der Waals surface area contributed by atoms with Gasteiger partial charge in [0.2, 0.25) is 0 Å². The van der Waals surface area contributed by atoms with Gasteiger partial charge in [-0.05, 0) is 31.0 Å². The van der Waals surface area contributed by atoms with Gasteiger partial charge in [-0.1, -0.05) is 22.4 Å². The molecule has 0 radical (unpaired) electrons. The minimum atomic E-state index is -4.39. The highest BCUT2D eigenvalue weighted by Gasteiger charge is 2.33. The highest BCUT2D eigenvalue weighted by Crippen LogP contribution is 2.36. The Morgan fingerprint density at radius 1 is 1.29 bits per heavy atom. The van der Waals surface area contributed by atoms with Crippen molar-refractivity contribution in [2.45, 2.75) is 31.9 Å². The summed E-state index contributed by atoms with van der Waals surface area (Å²) in [4.78, 5) is 10.9. The first-order valence-electron chi connectivity index (χ1n) is 6.52. The molecule has 0 aliphatic heterocycles. The molecule has 0 heterocycles. The van der Waals surface area contributed by atoms with Gasteiger partial charge in [0.15, 0.2) is 0 Å². The Hall–Kier alpha value is -1.24. The van der Waals surface area contributed by atoms with Crippen LogP contribution in [0.5, 0.6) is 0 Å². The largest absolute Gasteiger partial charge is 0.469 e. The lowest BCUT2D eigenvalue weighted by Crippen LogP contribution is -2.11. The SMILES string of the molecule is COC(=O)CCCCCNc1ccc(Br)cc1C(F)(F)F. The minimum Gasteiger partial charge on any atom is -0.469 e. The van der Waals surface area contributed by atoms with Crippen molar-refractivity contribution in [3.05, 3.63) is 28.2 Å². The summed E-state index contributed by atoms with van der Waals surface area (Å²) >= 11 is 3.04. The second-order valence-corrected chi connectivity index (χ2v) is 5.42. The van der Waals surface area contributed by atoms with Crippen molar-refractivity contribution >= 4 is 27.6 Å². The molecule has 0 atom stereocenters. The lowest BCUT2D eigenvalue weighted by Gasteiger charge is -2.15. The monoisotopic (exact) mass is 367 g/mol. The first kappa shape index (κ1) is 17.8. The summed E-state index contributed by atoms with van der Waals surface area (Å²) in [5.74, 6) is -0.268. The molecule has 1 rings (SSSR count). The van der Waals surface area contributed by atoms with E-state index in [-0.39, 0.29) is 11.7 Å². The van der Waals surface area contributed by atoms with Gasteiger partial charge in [0.25, 0.3) is 0 Å². The molecule has 0 bridgehead atoms. The van der Waals surface area contributed by atoms with Crippen molar-refractivity contribution in [3.8, 4) is 0 Å². The van der Waals surface area contributed by atoms with Gasteiger partial charge >= 0.3 is 12.1 Å². The number of alkyl halides is 3. The number of methoxy groups -OCH3 is 1. The Morgan fingerprint density at radius 3 is 2.62 bits per heavy atom. The van der Waals surface area contributed by atoms with Gasteiger partial charge < -0.3 is 10.1 Å². The van der Waals surface area contributed by atoms with Crippen LogP contribution in [0.3, 0.4) is 0 Å². The van der Waals surface area contributed by atoms with E-state index in [1.165, 1.54) is 13.2 Å². The molecule has 0 aliphatic rings. The third-order valence-electron chi connectivity index (χ3n) is 2.89. The molecule has 118 valence electrons. The Kier molecular flexibility index (Phi) is 7.01. The van der Waals surface area contributed by atoms with Crippen LogP contribution in [0.1, 0.15) is 31.2 Å². The van der Waals surface area contributed by atoms with Crippen LogP contribution < -0.4 is 5.32 Å². The molecule has 0 aromatic heterocycles. The third kappa shape index (κ3) is 6.37. The van der Waals surface area contributed by atoms with Gasteiger partial charge in [-0.3, -0.25) is 4.79 Å². The van der Waals surface area contributed by atoms with Gasteiger partial charge in [0, 0.05) is 23.1 Å². The summed E-state index contributed by atoms with van der Waals surface area (Å²) in [7, 11) is 1.33. The zero-order valence-corrected chi connectivity index (χ0v) is 13.2. The van der Waals surface area contributed by atoms with E-state index in [0.29, 0.717) is 30.3 Å².